The minimum Gasteiger partial charge on any atom is -0.307 e. The molecule has 1 aromatic carbocycles. The van der Waals surface area contributed by atoms with E-state index < -0.39 is 0 Å². The molecular weight excluding hydrogens is 328 g/mol. The Bertz CT molecular complexity index is 953. The number of pyridine rings is 1. The van der Waals surface area contributed by atoms with Gasteiger partial charge in [-0.15, -0.1) is 11.3 Å². The van der Waals surface area contributed by atoms with Crippen LogP contribution in [0.25, 0.3) is 15.9 Å². The van der Waals surface area contributed by atoms with Crippen LogP contribution in [0.4, 0.5) is 0 Å². The number of imidazole rings is 1. The molecule has 4 heterocycles. The average Bonchev–Trinajstić information content (AvgIpc) is 3.25. The van der Waals surface area contributed by atoms with Crippen molar-refractivity contribution in [1.29, 1.82) is 0 Å². The van der Waals surface area contributed by atoms with Crippen LogP contribution >= 0.6 is 11.3 Å². The second kappa shape index (κ2) is 6.24. The van der Waals surface area contributed by atoms with E-state index >= 15 is 0 Å². The lowest BCUT2D eigenvalue weighted by Gasteiger charge is -2.33. The molecule has 1 saturated heterocycles. The molecule has 1 aliphatic rings. The zero-order valence-electron chi connectivity index (χ0n) is 14.0. The van der Waals surface area contributed by atoms with Gasteiger partial charge >= 0.3 is 0 Å². The number of aromatic nitrogens is 3. The molecule has 1 atom stereocenters. The van der Waals surface area contributed by atoms with Gasteiger partial charge in [0, 0.05) is 18.9 Å². The predicted molar refractivity (Wildman–Crippen MR) is 102 cm³/mol. The molecule has 0 saturated carbocycles. The molecule has 0 aliphatic carbocycles. The molecule has 4 nitrogen and oxygen atoms in total. The lowest BCUT2D eigenvalue weighted by atomic mass is 10.0. The molecular formula is C20H20N4S. The maximum atomic E-state index is 4.92. The zero-order valence-corrected chi connectivity index (χ0v) is 14.8. The molecule has 126 valence electrons. The van der Waals surface area contributed by atoms with Gasteiger partial charge in [0.2, 0.25) is 0 Å². The SMILES string of the molecule is c1ccc2sc([C@@H]3CCCCN3Cc3cn4ccccc4n3)nc2c1. The number of hydrogen-bond acceptors (Lipinski definition) is 4. The van der Waals surface area contributed by atoms with Gasteiger partial charge in [0.1, 0.15) is 10.7 Å². The van der Waals surface area contributed by atoms with Gasteiger partial charge in [-0.05, 0) is 43.7 Å². The first kappa shape index (κ1) is 15.0. The summed E-state index contributed by atoms with van der Waals surface area (Å²) in [5, 5.41) is 1.25. The van der Waals surface area contributed by atoms with Gasteiger partial charge in [-0.25, -0.2) is 9.97 Å². The van der Waals surface area contributed by atoms with E-state index in [4.69, 9.17) is 9.97 Å². The molecule has 4 aromatic rings. The molecule has 5 heteroatoms. The van der Waals surface area contributed by atoms with E-state index in [1.807, 2.05) is 23.5 Å². The molecule has 0 unspecified atom stereocenters. The van der Waals surface area contributed by atoms with E-state index in [1.165, 1.54) is 29.0 Å². The first-order valence-electron chi connectivity index (χ1n) is 8.89. The van der Waals surface area contributed by atoms with Gasteiger partial charge in [0.15, 0.2) is 0 Å². The van der Waals surface area contributed by atoms with E-state index in [2.05, 4.69) is 52.0 Å². The fourth-order valence-electron chi connectivity index (χ4n) is 3.76. The molecule has 0 amide bonds. The third-order valence-corrected chi connectivity index (χ3v) is 6.13. The molecule has 3 aromatic heterocycles. The predicted octanol–water partition coefficient (Wildman–Crippen LogP) is 4.67. The van der Waals surface area contributed by atoms with Crippen LogP contribution in [0.5, 0.6) is 0 Å². The highest BCUT2D eigenvalue weighted by atomic mass is 32.1. The smallest absolute Gasteiger partial charge is 0.137 e. The number of likely N-dealkylation sites (tertiary alicyclic amines) is 1. The Balaban J connectivity index is 1.45. The Labute approximate surface area is 150 Å². The van der Waals surface area contributed by atoms with Gasteiger partial charge < -0.3 is 4.40 Å². The van der Waals surface area contributed by atoms with Crippen molar-refractivity contribution in [3.8, 4) is 0 Å². The number of nitrogens with zero attached hydrogens (tertiary/aromatic N) is 4. The Morgan fingerprint density at radius 3 is 2.88 bits per heavy atom. The Kier molecular flexibility index (Phi) is 3.76. The minimum absolute atomic E-state index is 0.413. The summed E-state index contributed by atoms with van der Waals surface area (Å²) in [4.78, 5) is 12.3. The number of piperidine rings is 1. The van der Waals surface area contributed by atoms with Gasteiger partial charge in [-0.3, -0.25) is 4.90 Å². The van der Waals surface area contributed by atoms with Crippen LogP contribution < -0.4 is 0 Å². The number of hydrogen-bond donors (Lipinski definition) is 0. The van der Waals surface area contributed by atoms with Crippen LogP contribution in [0.2, 0.25) is 0 Å². The van der Waals surface area contributed by atoms with Crippen LogP contribution in [0.1, 0.15) is 36.0 Å². The number of thiazole rings is 1. The highest BCUT2D eigenvalue weighted by Crippen LogP contribution is 2.36. The Morgan fingerprint density at radius 1 is 1.04 bits per heavy atom. The van der Waals surface area contributed by atoms with E-state index in [9.17, 15) is 0 Å². The largest absolute Gasteiger partial charge is 0.307 e. The van der Waals surface area contributed by atoms with Crippen molar-refractivity contribution in [2.75, 3.05) is 6.54 Å². The minimum atomic E-state index is 0.413. The summed E-state index contributed by atoms with van der Waals surface area (Å²) in [6.45, 7) is 2.01. The van der Waals surface area contributed by atoms with Crippen molar-refractivity contribution in [3.05, 3.63) is 65.6 Å². The summed E-state index contributed by atoms with van der Waals surface area (Å²) in [5.74, 6) is 0. The maximum Gasteiger partial charge on any atom is 0.137 e. The molecule has 0 radical (unpaired) electrons. The zero-order chi connectivity index (χ0) is 16.6. The number of rotatable bonds is 3. The maximum absolute atomic E-state index is 4.92. The summed E-state index contributed by atoms with van der Waals surface area (Å²) in [6, 6.07) is 15.0. The summed E-state index contributed by atoms with van der Waals surface area (Å²) in [5.41, 5.74) is 3.28. The summed E-state index contributed by atoms with van der Waals surface area (Å²) in [6.07, 6.45) is 7.94. The van der Waals surface area contributed by atoms with Crippen LogP contribution in [0.15, 0.2) is 54.9 Å². The third kappa shape index (κ3) is 2.83. The summed E-state index contributed by atoms with van der Waals surface area (Å²) >= 11 is 1.84. The topological polar surface area (TPSA) is 33.4 Å². The van der Waals surface area contributed by atoms with Crippen molar-refractivity contribution in [1.82, 2.24) is 19.3 Å². The Morgan fingerprint density at radius 2 is 1.96 bits per heavy atom. The monoisotopic (exact) mass is 348 g/mol. The standard InChI is InChI=1S/C20H20N4S/c1-2-9-18-16(7-1)22-20(25-18)17-8-3-5-11-23(17)13-15-14-24-12-6-4-10-19(24)21-15/h1-2,4,6-7,9-10,12,14,17H,3,5,8,11,13H2/t17-/m0/s1. The van der Waals surface area contributed by atoms with E-state index in [-0.39, 0.29) is 0 Å². The second-order valence-corrected chi connectivity index (χ2v) is 7.76. The lowest BCUT2D eigenvalue weighted by molar-refractivity contribution is 0.139. The van der Waals surface area contributed by atoms with Crippen LogP contribution in [-0.2, 0) is 6.54 Å². The van der Waals surface area contributed by atoms with Gasteiger partial charge in [0.25, 0.3) is 0 Å². The molecule has 1 aliphatic heterocycles. The van der Waals surface area contributed by atoms with Gasteiger partial charge in [-0.2, -0.15) is 0 Å². The van der Waals surface area contributed by atoms with Crippen molar-refractivity contribution in [3.63, 3.8) is 0 Å². The second-order valence-electron chi connectivity index (χ2n) is 6.70. The summed E-state index contributed by atoms with van der Waals surface area (Å²) in [7, 11) is 0. The normalized spacial score (nSPS) is 19.0. The quantitative estimate of drug-likeness (QED) is 0.539. The van der Waals surface area contributed by atoms with Crippen LogP contribution in [0, 0.1) is 0 Å². The first-order valence-corrected chi connectivity index (χ1v) is 9.71. The highest BCUT2D eigenvalue weighted by molar-refractivity contribution is 7.18. The van der Waals surface area contributed by atoms with Crippen molar-refractivity contribution < 1.29 is 0 Å². The van der Waals surface area contributed by atoms with Crippen molar-refractivity contribution in [2.45, 2.75) is 31.8 Å². The van der Waals surface area contributed by atoms with E-state index in [0.717, 1.165) is 29.9 Å². The fourth-order valence-corrected chi connectivity index (χ4v) is 4.90. The fraction of sp³-hybridized carbons (Fsp3) is 0.300. The molecule has 0 spiro atoms. The van der Waals surface area contributed by atoms with E-state index in [1.54, 1.807) is 0 Å². The molecule has 5 rings (SSSR count). The number of fused-ring (bicyclic) bond motifs is 2. The molecule has 1 fully saturated rings. The van der Waals surface area contributed by atoms with Crippen LogP contribution in [0.3, 0.4) is 0 Å². The third-order valence-electron chi connectivity index (χ3n) is 4.99. The molecule has 0 bridgehead atoms. The van der Waals surface area contributed by atoms with Gasteiger partial charge in [-0.1, -0.05) is 24.6 Å². The molecule has 25 heavy (non-hydrogen) atoms. The van der Waals surface area contributed by atoms with Gasteiger partial charge in [0.05, 0.1) is 22.0 Å². The highest BCUT2D eigenvalue weighted by Gasteiger charge is 2.27. The number of para-hydroxylation sites is 1. The lowest BCUT2D eigenvalue weighted by Crippen LogP contribution is -2.33. The van der Waals surface area contributed by atoms with Crippen molar-refractivity contribution in [2.24, 2.45) is 0 Å². The number of benzene rings is 1. The first-order chi connectivity index (χ1) is 12.4. The molecule has 0 N–H and O–H groups in total. The summed E-state index contributed by atoms with van der Waals surface area (Å²) < 4.78 is 3.39. The van der Waals surface area contributed by atoms with Crippen LogP contribution in [-0.4, -0.2) is 25.8 Å². The van der Waals surface area contributed by atoms with E-state index in [0.29, 0.717) is 6.04 Å². The van der Waals surface area contributed by atoms with Crippen molar-refractivity contribution >= 4 is 27.2 Å². The Hall–Kier alpha value is -2.24. The average molecular weight is 348 g/mol.